The van der Waals surface area contributed by atoms with E-state index in [9.17, 15) is 14.9 Å². The van der Waals surface area contributed by atoms with Crippen LogP contribution in [0.4, 0.5) is 11.4 Å². The van der Waals surface area contributed by atoms with Crippen LogP contribution in [0, 0.1) is 10.1 Å². The van der Waals surface area contributed by atoms with Crippen molar-refractivity contribution in [2.45, 2.75) is 20.1 Å². The van der Waals surface area contributed by atoms with Crippen LogP contribution in [0.5, 0.6) is 5.75 Å². The Kier molecular flexibility index (Phi) is 5.15. The van der Waals surface area contributed by atoms with Crippen LogP contribution in [0.3, 0.4) is 0 Å². The minimum atomic E-state index is -0.682. The molecule has 0 fully saturated rings. The molecule has 1 aromatic carbocycles. The quantitative estimate of drug-likeness (QED) is 0.504. The lowest BCUT2D eigenvalue weighted by molar-refractivity contribution is -0.385. The molecule has 1 amide bonds. The Bertz CT molecular complexity index is 960. The van der Waals surface area contributed by atoms with Crippen molar-refractivity contribution in [2.24, 2.45) is 7.05 Å². The number of carbonyl (C=O) groups excluding carboxylic acids is 1. The first-order chi connectivity index (χ1) is 13.0. The van der Waals surface area contributed by atoms with E-state index in [2.05, 4.69) is 22.4 Å². The Morgan fingerprint density at radius 2 is 2.04 bits per heavy atom. The number of amides is 1. The molecule has 0 spiro atoms. The van der Waals surface area contributed by atoms with E-state index in [1.54, 1.807) is 6.20 Å². The molecule has 2 heterocycles. The number of nitro groups is 1. The van der Waals surface area contributed by atoms with Gasteiger partial charge in [0.15, 0.2) is 6.73 Å². The van der Waals surface area contributed by atoms with Crippen molar-refractivity contribution >= 4 is 17.3 Å². The van der Waals surface area contributed by atoms with Gasteiger partial charge in [0.05, 0.1) is 23.0 Å². The zero-order chi connectivity index (χ0) is 19.4. The van der Waals surface area contributed by atoms with E-state index in [0.29, 0.717) is 11.4 Å². The van der Waals surface area contributed by atoms with Gasteiger partial charge < -0.3 is 10.1 Å². The number of aromatic nitrogens is 4. The molecule has 0 aliphatic heterocycles. The number of aryl methyl sites for hydroxylation is 2. The smallest absolute Gasteiger partial charge is 0.320 e. The van der Waals surface area contributed by atoms with Crippen LogP contribution >= 0.6 is 0 Å². The summed E-state index contributed by atoms with van der Waals surface area (Å²) in [6, 6.07) is 7.74. The van der Waals surface area contributed by atoms with E-state index in [0.717, 1.165) is 6.42 Å². The predicted octanol–water partition coefficient (Wildman–Crippen LogP) is 2.38. The average molecular weight is 370 g/mol. The zero-order valence-corrected chi connectivity index (χ0v) is 14.8. The SMILES string of the molecule is CCc1ccc(OCn2cc(NC(=O)c3nn(C)cc3[N+](=O)[O-])cn2)cc1. The molecule has 3 rings (SSSR count). The van der Waals surface area contributed by atoms with Gasteiger partial charge in [-0.15, -0.1) is 0 Å². The first-order valence-corrected chi connectivity index (χ1v) is 8.20. The summed E-state index contributed by atoms with van der Waals surface area (Å²) in [5.74, 6) is 0.0234. The second-order valence-electron chi connectivity index (χ2n) is 5.79. The van der Waals surface area contributed by atoms with Crippen molar-refractivity contribution in [1.82, 2.24) is 19.6 Å². The van der Waals surface area contributed by atoms with E-state index in [1.165, 1.54) is 34.4 Å². The van der Waals surface area contributed by atoms with Crippen molar-refractivity contribution in [3.05, 3.63) is 64.2 Å². The molecule has 0 aliphatic carbocycles. The highest BCUT2D eigenvalue weighted by Crippen LogP contribution is 2.18. The molecule has 10 heteroatoms. The summed E-state index contributed by atoms with van der Waals surface area (Å²) in [6.07, 6.45) is 5.12. The van der Waals surface area contributed by atoms with Crippen LogP contribution in [-0.4, -0.2) is 30.4 Å². The highest BCUT2D eigenvalue weighted by atomic mass is 16.6. The van der Waals surface area contributed by atoms with Crippen molar-refractivity contribution in [3.8, 4) is 5.75 Å². The van der Waals surface area contributed by atoms with Gasteiger partial charge in [-0.05, 0) is 24.1 Å². The number of hydrogen-bond acceptors (Lipinski definition) is 6. The molecule has 27 heavy (non-hydrogen) atoms. The molecule has 0 bridgehead atoms. The lowest BCUT2D eigenvalue weighted by Gasteiger charge is -2.06. The molecule has 1 N–H and O–H groups in total. The largest absolute Gasteiger partial charge is 0.471 e. The van der Waals surface area contributed by atoms with E-state index in [4.69, 9.17) is 4.74 Å². The Labute approximate surface area is 154 Å². The molecule has 0 atom stereocenters. The molecular weight excluding hydrogens is 352 g/mol. The molecule has 0 radical (unpaired) electrons. The summed E-state index contributed by atoms with van der Waals surface area (Å²) in [5, 5.41) is 21.5. The number of ether oxygens (including phenoxy) is 1. The summed E-state index contributed by atoms with van der Waals surface area (Å²) in [7, 11) is 1.51. The fourth-order valence-corrected chi connectivity index (χ4v) is 2.42. The van der Waals surface area contributed by atoms with Gasteiger partial charge in [0.1, 0.15) is 11.9 Å². The highest BCUT2D eigenvalue weighted by molar-refractivity contribution is 6.05. The van der Waals surface area contributed by atoms with Gasteiger partial charge in [-0.1, -0.05) is 19.1 Å². The van der Waals surface area contributed by atoms with Gasteiger partial charge in [-0.2, -0.15) is 10.2 Å². The molecule has 0 saturated carbocycles. The second kappa shape index (κ2) is 7.68. The zero-order valence-electron chi connectivity index (χ0n) is 14.8. The predicted molar refractivity (Wildman–Crippen MR) is 96.5 cm³/mol. The minimum Gasteiger partial charge on any atom is -0.471 e. The Balaban J connectivity index is 1.62. The first-order valence-electron chi connectivity index (χ1n) is 8.20. The van der Waals surface area contributed by atoms with Gasteiger partial charge in [0.25, 0.3) is 5.91 Å². The van der Waals surface area contributed by atoms with Crippen LogP contribution in [0.2, 0.25) is 0 Å². The monoisotopic (exact) mass is 370 g/mol. The molecule has 0 aliphatic rings. The minimum absolute atomic E-state index is 0.158. The number of nitrogens with zero attached hydrogens (tertiary/aromatic N) is 5. The fraction of sp³-hybridized carbons (Fsp3) is 0.235. The molecule has 0 unspecified atom stereocenters. The molecule has 140 valence electrons. The third kappa shape index (κ3) is 4.29. The maximum atomic E-state index is 12.2. The second-order valence-corrected chi connectivity index (χ2v) is 5.79. The van der Waals surface area contributed by atoms with Crippen LogP contribution in [-0.2, 0) is 20.2 Å². The normalized spacial score (nSPS) is 10.6. The highest BCUT2D eigenvalue weighted by Gasteiger charge is 2.25. The van der Waals surface area contributed by atoms with Crippen LogP contribution in [0.25, 0.3) is 0 Å². The number of benzene rings is 1. The van der Waals surface area contributed by atoms with E-state index < -0.39 is 10.8 Å². The Morgan fingerprint density at radius 3 is 2.70 bits per heavy atom. The fourth-order valence-electron chi connectivity index (χ4n) is 2.42. The maximum Gasteiger partial charge on any atom is 0.320 e. The Morgan fingerprint density at radius 1 is 1.30 bits per heavy atom. The number of hydrogen-bond donors (Lipinski definition) is 1. The summed E-state index contributed by atoms with van der Waals surface area (Å²) < 4.78 is 8.34. The van der Waals surface area contributed by atoms with Crippen molar-refractivity contribution in [2.75, 3.05) is 5.32 Å². The number of anilines is 1. The summed E-state index contributed by atoms with van der Waals surface area (Å²) in [5.41, 5.74) is 0.976. The van der Waals surface area contributed by atoms with Crippen LogP contribution in [0.15, 0.2) is 42.9 Å². The molecule has 10 nitrogen and oxygen atoms in total. The third-order valence-corrected chi connectivity index (χ3v) is 3.81. The van der Waals surface area contributed by atoms with E-state index in [1.807, 2.05) is 24.3 Å². The summed E-state index contributed by atoms with van der Waals surface area (Å²) in [4.78, 5) is 22.6. The number of nitrogens with one attached hydrogen (secondary N) is 1. The average Bonchev–Trinajstić information content (AvgIpc) is 3.27. The van der Waals surface area contributed by atoms with Gasteiger partial charge >= 0.3 is 5.69 Å². The van der Waals surface area contributed by atoms with Gasteiger partial charge in [-0.25, -0.2) is 4.68 Å². The lowest BCUT2D eigenvalue weighted by atomic mass is 10.2. The summed E-state index contributed by atoms with van der Waals surface area (Å²) >= 11 is 0. The standard InChI is InChI=1S/C17H18N6O4/c1-3-12-4-6-14(7-5-12)27-11-22-9-13(8-18-22)19-17(24)16-15(23(25)26)10-21(2)20-16/h4-10H,3,11H2,1-2H3,(H,19,24). The van der Waals surface area contributed by atoms with E-state index in [-0.39, 0.29) is 18.1 Å². The first kappa shape index (κ1) is 18.1. The van der Waals surface area contributed by atoms with E-state index >= 15 is 0 Å². The maximum absolute atomic E-state index is 12.2. The molecule has 2 aromatic heterocycles. The van der Waals surface area contributed by atoms with Crippen molar-refractivity contribution < 1.29 is 14.5 Å². The van der Waals surface area contributed by atoms with Crippen molar-refractivity contribution in [3.63, 3.8) is 0 Å². The van der Waals surface area contributed by atoms with Crippen LogP contribution < -0.4 is 10.1 Å². The molecular formula is C17H18N6O4. The van der Waals surface area contributed by atoms with Gasteiger partial charge in [-0.3, -0.25) is 19.6 Å². The van der Waals surface area contributed by atoms with Gasteiger partial charge in [0.2, 0.25) is 5.69 Å². The third-order valence-electron chi connectivity index (χ3n) is 3.81. The molecule has 3 aromatic rings. The Hall–Kier alpha value is -3.69. The van der Waals surface area contributed by atoms with Crippen LogP contribution in [0.1, 0.15) is 23.0 Å². The summed E-state index contributed by atoms with van der Waals surface area (Å²) in [6.45, 7) is 2.24. The lowest BCUT2D eigenvalue weighted by Crippen LogP contribution is -2.14. The topological polar surface area (TPSA) is 117 Å². The van der Waals surface area contributed by atoms with Crippen molar-refractivity contribution in [1.29, 1.82) is 0 Å². The molecule has 0 saturated heterocycles. The number of rotatable bonds is 7. The van der Waals surface area contributed by atoms with Gasteiger partial charge in [0, 0.05) is 7.05 Å². The number of carbonyl (C=O) groups is 1.